The first-order valence-electron chi connectivity index (χ1n) is 4.55. The first kappa shape index (κ1) is 16.0. The van der Waals surface area contributed by atoms with Crippen molar-refractivity contribution in [2.75, 3.05) is 37.3 Å². The van der Waals surface area contributed by atoms with Gasteiger partial charge in [0.2, 0.25) is 0 Å². The van der Waals surface area contributed by atoms with Crippen molar-refractivity contribution >= 4 is 42.5 Å². The molecule has 0 radical (unpaired) electrons. The molecule has 1 unspecified atom stereocenters. The van der Waals surface area contributed by atoms with Gasteiger partial charge >= 0.3 is 7.67 Å². The van der Waals surface area contributed by atoms with Crippen molar-refractivity contribution < 1.29 is 9.09 Å². The zero-order valence-electron chi connectivity index (χ0n) is 8.37. The van der Waals surface area contributed by atoms with Crippen LogP contribution in [0.25, 0.3) is 0 Å². The molecule has 0 bridgehead atoms. The minimum atomic E-state index is -3.26. The fraction of sp³-hybridized carbons (Fsp3) is 1.00. The normalized spacial score (nSPS) is 15.5. The molecule has 0 aromatic heterocycles. The van der Waals surface area contributed by atoms with Crippen LogP contribution in [-0.2, 0) is 9.09 Å². The lowest BCUT2D eigenvalue weighted by molar-refractivity contribution is 0.266. The van der Waals surface area contributed by atoms with Crippen LogP contribution in [0.1, 0.15) is 6.42 Å². The Morgan fingerprint density at radius 2 is 1.67 bits per heavy atom. The zero-order valence-corrected chi connectivity index (χ0v) is 11.5. The fourth-order valence-electron chi connectivity index (χ4n) is 0.917. The first-order chi connectivity index (χ1) is 7.08. The molecule has 2 N–H and O–H groups in total. The Bertz CT molecular complexity index is 203. The first-order valence-corrected chi connectivity index (χ1v) is 7.80. The van der Waals surface area contributed by atoms with Gasteiger partial charge in [-0.05, 0) is 6.42 Å². The Morgan fingerprint density at radius 1 is 1.13 bits per heavy atom. The van der Waals surface area contributed by atoms with E-state index < -0.39 is 7.67 Å². The average Bonchev–Trinajstić information content (AvgIpc) is 2.18. The van der Waals surface area contributed by atoms with E-state index in [2.05, 4.69) is 0 Å². The predicted molar refractivity (Wildman–Crippen MR) is 66.1 cm³/mol. The second-order valence-electron chi connectivity index (χ2n) is 2.77. The number of nitrogens with zero attached hydrogens (tertiary/aromatic N) is 1. The highest BCUT2D eigenvalue weighted by atomic mass is 35.5. The van der Waals surface area contributed by atoms with Crippen LogP contribution in [0.5, 0.6) is 0 Å². The Balaban J connectivity index is 4.15. The third kappa shape index (κ3) is 7.01. The minimum absolute atomic E-state index is 0.276. The SMILES string of the molecule is NP(=O)(OCCCCl)N(CCCl)CCCl. The van der Waals surface area contributed by atoms with E-state index in [0.717, 1.165) is 0 Å². The number of rotatable bonds is 9. The summed E-state index contributed by atoms with van der Waals surface area (Å²) < 4.78 is 18.5. The molecule has 0 amide bonds. The van der Waals surface area contributed by atoms with Gasteiger partial charge in [-0.15, -0.1) is 34.8 Å². The molecule has 0 rings (SSSR count). The summed E-state index contributed by atoms with van der Waals surface area (Å²) in [6.07, 6.45) is 0.609. The highest BCUT2D eigenvalue weighted by Gasteiger charge is 2.25. The molecule has 0 saturated heterocycles. The van der Waals surface area contributed by atoms with Gasteiger partial charge in [-0.2, -0.15) is 0 Å². The van der Waals surface area contributed by atoms with Crippen molar-refractivity contribution in [3.8, 4) is 0 Å². The van der Waals surface area contributed by atoms with Gasteiger partial charge in [-0.1, -0.05) is 0 Å². The Hall–Kier alpha value is 0.980. The minimum Gasteiger partial charge on any atom is -0.306 e. The molecule has 0 aliphatic heterocycles. The monoisotopic (exact) mass is 296 g/mol. The number of halogens is 3. The summed E-state index contributed by atoms with van der Waals surface area (Å²) in [6, 6.07) is 0. The van der Waals surface area contributed by atoms with E-state index in [9.17, 15) is 4.57 Å². The van der Waals surface area contributed by atoms with Crippen molar-refractivity contribution in [1.82, 2.24) is 4.67 Å². The van der Waals surface area contributed by atoms with Crippen LogP contribution in [-0.4, -0.2) is 42.0 Å². The van der Waals surface area contributed by atoms with Crippen LogP contribution in [0.3, 0.4) is 0 Å². The molecule has 15 heavy (non-hydrogen) atoms. The lowest BCUT2D eigenvalue weighted by atomic mass is 10.5. The van der Waals surface area contributed by atoms with Crippen molar-refractivity contribution in [1.29, 1.82) is 0 Å². The molecule has 0 aromatic rings. The summed E-state index contributed by atoms with van der Waals surface area (Å²) >= 11 is 16.6. The van der Waals surface area contributed by atoms with Gasteiger partial charge in [0.15, 0.2) is 0 Å². The largest absolute Gasteiger partial charge is 0.340 e. The van der Waals surface area contributed by atoms with Crippen molar-refractivity contribution in [2.24, 2.45) is 5.50 Å². The number of alkyl halides is 3. The maximum absolute atomic E-state index is 11.9. The van der Waals surface area contributed by atoms with E-state index in [1.54, 1.807) is 0 Å². The molecule has 0 fully saturated rings. The van der Waals surface area contributed by atoms with Crippen LogP contribution in [0.2, 0.25) is 0 Å². The highest BCUT2D eigenvalue weighted by molar-refractivity contribution is 7.53. The fourth-order valence-corrected chi connectivity index (χ4v) is 2.98. The van der Waals surface area contributed by atoms with Gasteiger partial charge in [0.25, 0.3) is 0 Å². The van der Waals surface area contributed by atoms with Crippen LogP contribution < -0.4 is 5.50 Å². The molecule has 0 saturated carbocycles. The van der Waals surface area contributed by atoms with Crippen LogP contribution in [0.4, 0.5) is 0 Å². The molecule has 92 valence electrons. The van der Waals surface area contributed by atoms with Gasteiger partial charge in [0, 0.05) is 30.7 Å². The lowest BCUT2D eigenvalue weighted by Gasteiger charge is -2.26. The third-order valence-corrected chi connectivity index (χ3v) is 3.98. The zero-order chi connectivity index (χ0) is 11.7. The van der Waals surface area contributed by atoms with Crippen molar-refractivity contribution in [3.05, 3.63) is 0 Å². The average molecular weight is 298 g/mol. The summed E-state index contributed by atoms with van der Waals surface area (Å²) in [6.45, 7) is 1.06. The maximum Gasteiger partial charge on any atom is 0.340 e. The van der Waals surface area contributed by atoms with Gasteiger partial charge in [0.1, 0.15) is 0 Å². The second kappa shape index (κ2) is 9.06. The second-order valence-corrected chi connectivity index (χ2v) is 5.86. The summed E-state index contributed by atoms with van der Waals surface area (Å²) in [5.74, 6) is 1.11. The van der Waals surface area contributed by atoms with Gasteiger partial charge in [-0.3, -0.25) is 4.57 Å². The standard InChI is InChI=1S/C7H16Cl3N2O2P/c8-2-1-7-14-15(11,13)12(5-3-9)6-4-10/h1-7H2,(H2,11,13). The maximum atomic E-state index is 11.9. The third-order valence-electron chi connectivity index (χ3n) is 1.63. The van der Waals surface area contributed by atoms with E-state index in [4.69, 9.17) is 44.8 Å². The smallest absolute Gasteiger partial charge is 0.306 e. The molecule has 0 aliphatic carbocycles. The molecular weight excluding hydrogens is 281 g/mol. The summed E-state index contributed by atoms with van der Waals surface area (Å²) in [4.78, 5) is 0. The molecule has 1 atom stereocenters. The van der Waals surface area contributed by atoms with Gasteiger partial charge < -0.3 is 4.52 Å². The lowest BCUT2D eigenvalue weighted by Crippen LogP contribution is -2.29. The molecule has 0 heterocycles. The molecule has 0 spiro atoms. The number of nitrogens with two attached hydrogens (primary N) is 1. The van der Waals surface area contributed by atoms with E-state index >= 15 is 0 Å². The van der Waals surface area contributed by atoms with Crippen molar-refractivity contribution in [3.63, 3.8) is 0 Å². The molecule has 4 nitrogen and oxygen atoms in total. The Kier molecular flexibility index (Phi) is 9.65. The summed E-state index contributed by atoms with van der Waals surface area (Å²) in [7, 11) is -3.26. The van der Waals surface area contributed by atoms with E-state index in [-0.39, 0.29) is 6.61 Å². The van der Waals surface area contributed by atoms with Crippen LogP contribution in [0.15, 0.2) is 0 Å². The molecule has 0 aromatic carbocycles. The number of hydrogen-bond donors (Lipinski definition) is 1. The molecular formula is C7H16Cl3N2O2P. The van der Waals surface area contributed by atoms with E-state index in [1.807, 2.05) is 0 Å². The van der Waals surface area contributed by atoms with Crippen LogP contribution in [0, 0.1) is 0 Å². The summed E-state index contributed by atoms with van der Waals surface area (Å²) in [5, 5.41) is 0. The van der Waals surface area contributed by atoms with Crippen molar-refractivity contribution in [2.45, 2.75) is 6.42 Å². The van der Waals surface area contributed by atoms with Gasteiger partial charge in [0.05, 0.1) is 6.61 Å². The van der Waals surface area contributed by atoms with Gasteiger partial charge in [-0.25, -0.2) is 10.2 Å². The topological polar surface area (TPSA) is 55.6 Å². The van der Waals surface area contributed by atoms with E-state index in [1.165, 1.54) is 4.67 Å². The Labute approximate surface area is 106 Å². The number of hydrogen-bond acceptors (Lipinski definition) is 2. The molecule has 8 heteroatoms. The quantitative estimate of drug-likeness (QED) is 0.403. The summed E-state index contributed by atoms with van der Waals surface area (Å²) in [5.41, 5.74) is 5.57. The van der Waals surface area contributed by atoms with E-state index in [0.29, 0.717) is 37.2 Å². The molecule has 0 aliphatic rings. The highest BCUT2D eigenvalue weighted by Crippen LogP contribution is 2.42. The van der Waals surface area contributed by atoms with Crippen LogP contribution >= 0.6 is 42.5 Å². The predicted octanol–water partition coefficient (Wildman–Crippen LogP) is 2.48. The Morgan fingerprint density at radius 3 is 2.07 bits per heavy atom.